The van der Waals surface area contributed by atoms with Crippen LogP contribution >= 0.6 is 11.8 Å². The second-order valence-corrected chi connectivity index (χ2v) is 9.95. The van der Waals surface area contributed by atoms with Gasteiger partial charge in [0.2, 0.25) is 11.7 Å². The Balaban J connectivity index is 1.41. The SMILES string of the molecule is COc1cccc(-c2noc(CSc3nc4c(-c5ccccc5)c[nH]c4c(=O)n3-c3cccc(C)c3)n2)c1OC. The van der Waals surface area contributed by atoms with Gasteiger partial charge in [0.15, 0.2) is 16.7 Å². The highest BCUT2D eigenvalue weighted by Crippen LogP contribution is 2.37. The Morgan fingerprint density at radius 2 is 1.77 bits per heavy atom. The third kappa shape index (κ3) is 4.62. The van der Waals surface area contributed by atoms with Crippen LogP contribution in [0.1, 0.15) is 11.5 Å². The maximum Gasteiger partial charge on any atom is 0.283 e. The number of ether oxygens (including phenoxy) is 2. The van der Waals surface area contributed by atoms with Crippen LogP contribution in [0.4, 0.5) is 0 Å². The van der Waals surface area contributed by atoms with Gasteiger partial charge in [-0.05, 0) is 42.3 Å². The normalized spacial score (nSPS) is 11.2. The van der Waals surface area contributed by atoms with Crippen LogP contribution in [0, 0.1) is 6.92 Å². The molecule has 0 fully saturated rings. The van der Waals surface area contributed by atoms with Crippen molar-refractivity contribution in [3.63, 3.8) is 0 Å². The van der Waals surface area contributed by atoms with E-state index < -0.39 is 0 Å². The van der Waals surface area contributed by atoms with Crippen LogP contribution in [-0.4, -0.2) is 38.9 Å². The summed E-state index contributed by atoms with van der Waals surface area (Å²) in [6.45, 7) is 1.99. The molecule has 0 spiro atoms. The van der Waals surface area contributed by atoms with E-state index >= 15 is 0 Å². The Hall–Kier alpha value is -4.83. The number of benzene rings is 3. The largest absolute Gasteiger partial charge is 0.493 e. The monoisotopic (exact) mass is 551 g/mol. The van der Waals surface area contributed by atoms with Crippen molar-refractivity contribution >= 4 is 22.8 Å². The van der Waals surface area contributed by atoms with Gasteiger partial charge in [0.1, 0.15) is 11.0 Å². The number of aromatic amines is 1. The summed E-state index contributed by atoms with van der Waals surface area (Å²) in [5, 5.41) is 4.67. The van der Waals surface area contributed by atoms with Gasteiger partial charge in [-0.1, -0.05) is 65.4 Å². The quantitative estimate of drug-likeness (QED) is 0.180. The fraction of sp³-hybridized carbons (Fsp3) is 0.133. The van der Waals surface area contributed by atoms with Crippen LogP contribution in [0.5, 0.6) is 11.5 Å². The molecule has 6 aromatic rings. The molecule has 0 aliphatic heterocycles. The van der Waals surface area contributed by atoms with E-state index in [1.807, 2.05) is 79.9 Å². The zero-order chi connectivity index (χ0) is 27.6. The van der Waals surface area contributed by atoms with Gasteiger partial charge in [-0.2, -0.15) is 4.98 Å². The lowest BCUT2D eigenvalue weighted by atomic mass is 10.1. The second-order valence-electron chi connectivity index (χ2n) is 9.01. The summed E-state index contributed by atoms with van der Waals surface area (Å²) in [5.41, 5.74) is 5.10. The zero-order valence-electron chi connectivity index (χ0n) is 22.0. The molecule has 0 saturated carbocycles. The smallest absolute Gasteiger partial charge is 0.283 e. The number of fused-ring (bicyclic) bond motifs is 1. The fourth-order valence-electron chi connectivity index (χ4n) is 4.58. The summed E-state index contributed by atoms with van der Waals surface area (Å²) in [6, 6.07) is 23.1. The van der Waals surface area contributed by atoms with E-state index in [1.54, 1.807) is 24.9 Å². The van der Waals surface area contributed by atoms with Gasteiger partial charge in [0.25, 0.3) is 5.56 Å². The van der Waals surface area contributed by atoms with E-state index in [4.69, 9.17) is 19.0 Å². The first kappa shape index (κ1) is 25.4. The molecule has 200 valence electrons. The first-order chi connectivity index (χ1) is 19.6. The lowest BCUT2D eigenvalue weighted by molar-refractivity contribution is 0.355. The van der Waals surface area contributed by atoms with Crippen LogP contribution in [0.25, 0.3) is 39.2 Å². The van der Waals surface area contributed by atoms with Gasteiger partial charge >= 0.3 is 0 Å². The average molecular weight is 552 g/mol. The van der Waals surface area contributed by atoms with Gasteiger partial charge in [-0.3, -0.25) is 9.36 Å². The molecule has 0 aliphatic rings. The van der Waals surface area contributed by atoms with Crippen molar-refractivity contribution in [1.29, 1.82) is 0 Å². The maximum atomic E-state index is 13.8. The molecule has 0 saturated heterocycles. The Morgan fingerprint density at radius 1 is 0.950 bits per heavy atom. The van der Waals surface area contributed by atoms with Crippen molar-refractivity contribution in [2.45, 2.75) is 17.8 Å². The zero-order valence-corrected chi connectivity index (χ0v) is 22.9. The topological polar surface area (TPSA) is 108 Å². The number of hydrogen-bond acceptors (Lipinski definition) is 8. The molecule has 3 heterocycles. The summed E-state index contributed by atoms with van der Waals surface area (Å²) >= 11 is 1.35. The number of methoxy groups -OCH3 is 2. The van der Waals surface area contributed by atoms with Crippen molar-refractivity contribution < 1.29 is 14.0 Å². The third-order valence-electron chi connectivity index (χ3n) is 6.45. The number of nitrogens with zero attached hydrogens (tertiary/aromatic N) is 4. The first-order valence-electron chi connectivity index (χ1n) is 12.5. The summed E-state index contributed by atoms with van der Waals surface area (Å²) < 4.78 is 18.1. The highest BCUT2D eigenvalue weighted by molar-refractivity contribution is 7.98. The van der Waals surface area contributed by atoms with Crippen LogP contribution in [0.2, 0.25) is 0 Å². The molecule has 10 heteroatoms. The van der Waals surface area contributed by atoms with E-state index in [0.717, 1.165) is 22.4 Å². The average Bonchev–Trinajstić information content (AvgIpc) is 3.64. The Kier molecular flexibility index (Phi) is 6.83. The summed E-state index contributed by atoms with van der Waals surface area (Å²) in [6.07, 6.45) is 1.83. The number of nitrogens with one attached hydrogen (secondary N) is 1. The van der Waals surface area contributed by atoms with E-state index in [9.17, 15) is 4.79 Å². The second kappa shape index (κ2) is 10.7. The number of rotatable bonds is 8. The summed E-state index contributed by atoms with van der Waals surface area (Å²) in [4.78, 5) is 26.5. The number of H-pyrrole nitrogens is 1. The molecule has 1 N–H and O–H groups in total. The number of aryl methyl sites for hydroxylation is 1. The molecule has 3 aromatic heterocycles. The van der Waals surface area contributed by atoms with Gasteiger partial charge < -0.3 is 19.0 Å². The molecule has 3 aromatic carbocycles. The molecule has 0 aliphatic carbocycles. The molecule has 0 bridgehead atoms. The highest BCUT2D eigenvalue weighted by Gasteiger charge is 2.20. The number of thioether (sulfide) groups is 1. The van der Waals surface area contributed by atoms with Gasteiger partial charge in [0, 0.05) is 11.8 Å². The molecule has 40 heavy (non-hydrogen) atoms. The van der Waals surface area contributed by atoms with Gasteiger partial charge in [-0.15, -0.1) is 0 Å². The fourth-order valence-corrected chi connectivity index (χ4v) is 5.42. The first-order valence-corrected chi connectivity index (χ1v) is 13.5. The Labute approximate surface area is 233 Å². The van der Waals surface area contributed by atoms with E-state index in [1.165, 1.54) is 11.8 Å². The molecule has 6 rings (SSSR count). The lowest BCUT2D eigenvalue weighted by Gasteiger charge is -2.12. The molecule has 0 atom stereocenters. The minimum Gasteiger partial charge on any atom is -0.493 e. The predicted molar refractivity (Wildman–Crippen MR) is 154 cm³/mol. The third-order valence-corrected chi connectivity index (χ3v) is 7.37. The molecule has 0 amide bonds. The number of aromatic nitrogens is 5. The van der Waals surface area contributed by atoms with E-state index in [-0.39, 0.29) is 5.56 Å². The van der Waals surface area contributed by atoms with Gasteiger partial charge in [0.05, 0.1) is 31.2 Å². The van der Waals surface area contributed by atoms with Gasteiger partial charge in [-0.25, -0.2) is 4.98 Å². The van der Waals surface area contributed by atoms with Crippen molar-refractivity contribution in [2.75, 3.05) is 14.2 Å². The maximum absolute atomic E-state index is 13.8. The Bertz CT molecular complexity index is 1880. The van der Waals surface area contributed by atoms with E-state index in [2.05, 4.69) is 15.1 Å². The minimum atomic E-state index is -0.187. The van der Waals surface area contributed by atoms with Crippen LogP contribution in [-0.2, 0) is 5.75 Å². The predicted octanol–water partition coefficient (Wildman–Crippen LogP) is 6.05. The van der Waals surface area contributed by atoms with Crippen molar-refractivity contribution in [3.8, 4) is 39.7 Å². The number of para-hydroxylation sites is 1. The lowest BCUT2D eigenvalue weighted by Crippen LogP contribution is -2.22. The molecule has 0 unspecified atom stereocenters. The van der Waals surface area contributed by atoms with Crippen LogP contribution < -0.4 is 15.0 Å². The van der Waals surface area contributed by atoms with Crippen molar-refractivity contribution in [3.05, 3.63) is 101 Å². The van der Waals surface area contributed by atoms with Crippen molar-refractivity contribution in [2.24, 2.45) is 0 Å². The highest BCUT2D eigenvalue weighted by atomic mass is 32.2. The standard InChI is InChI=1S/C30H25N5O4S/c1-18-9-7-12-20(15-18)35-29(36)26-25(22(16-31-26)19-10-5-4-6-11-19)33-30(35)40-17-24-32-28(34-39-24)21-13-8-14-23(37-2)27(21)38-3/h4-16,31H,17H2,1-3H3. The van der Waals surface area contributed by atoms with Crippen LogP contribution in [0.3, 0.4) is 0 Å². The molecular weight excluding hydrogens is 526 g/mol. The Morgan fingerprint density at radius 3 is 2.55 bits per heavy atom. The minimum absolute atomic E-state index is 0.187. The summed E-state index contributed by atoms with van der Waals surface area (Å²) in [7, 11) is 3.14. The van der Waals surface area contributed by atoms with E-state index in [0.29, 0.717) is 50.7 Å². The van der Waals surface area contributed by atoms with Crippen LogP contribution in [0.15, 0.2) is 93.5 Å². The number of hydrogen-bond donors (Lipinski definition) is 1. The molecular formula is C30H25N5O4S. The molecule has 9 nitrogen and oxygen atoms in total. The molecule has 0 radical (unpaired) electrons. The summed E-state index contributed by atoms with van der Waals surface area (Å²) in [5.74, 6) is 2.15. The van der Waals surface area contributed by atoms with Crippen molar-refractivity contribution in [1.82, 2.24) is 24.7 Å².